The van der Waals surface area contributed by atoms with Crippen LogP contribution in [0.4, 0.5) is 0 Å². The van der Waals surface area contributed by atoms with Gasteiger partial charge in [0.05, 0.1) is 0 Å². The molecule has 0 unspecified atom stereocenters. The van der Waals surface area contributed by atoms with Gasteiger partial charge in [0.25, 0.3) is 0 Å². The summed E-state index contributed by atoms with van der Waals surface area (Å²) in [5.41, 5.74) is 0.655. The van der Waals surface area contributed by atoms with Crippen molar-refractivity contribution in [3.05, 3.63) is 5.89 Å². The first-order valence-corrected chi connectivity index (χ1v) is 2.42. The van der Waals surface area contributed by atoms with Gasteiger partial charge in [-0.3, -0.25) is 0 Å². The molecule has 0 saturated carbocycles. The molecule has 8 heavy (non-hydrogen) atoms. The molecule has 0 N–H and O–H groups in total. The van der Waals surface area contributed by atoms with Crippen molar-refractivity contribution in [2.75, 3.05) is 0 Å². The lowest BCUT2D eigenvalue weighted by atomic mass is 9.82. The van der Waals surface area contributed by atoms with Crippen LogP contribution >= 0.6 is 0 Å². The molecule has 0 bridgehead atoms. The first-order chi connectivity index (χ1) is 3.83. The molecule has 4 heteroatoms. The molecule has 1 rings (SSSR count). The van der Waals surface area contributed by atoms with Crippen LogP contribution < -0.4 is 5.72 Å². The number of aryl methyl sites for hydroxylation is 1. The molecular formula is C4H6BN2O. The second-order valence-electron chi connectivity index (χ2n) is 1.46. The van der Waals surface area contributed by atoms with Gasteiger partial charge < -0.3 is 4.52 Å². The fourth-order valence-electron chi connectivity index (χ4n) is 0.432. The number of hydrogen-bond donors (Lipinski definition) is 0. The molecule has 0 aliphatic heterocycles. The lowest BCUT2D eigenvalue weighted by Gasteiger charge is -1.71. The Bertz CT molecular complexity index is 174. The molecular weight excluding hydrogens is 103 g/mol. The summed E-state index contributed by atoms with van der Waals surface area (Å²) in [6.07, 6.45) is 0. The van der Waals surface area contributed by atoms with Crippen molar-refractivity contribution in [2.24, 2.45) is 0 Å². The van der Waals surface area contributed by atoms with Crippen LogP contribution in [0, 0.1) is 6.92 Å². The molecule has 0 aliphatic carbocycles. The van der Waals surface area contributed by atoms with Crippen molar-refractivity contribution >= 4 is 13.0 Å². The highest BCUT2D eigenvalue weighted by atomic mass is 16.5. The zero-order valence-corrected chi connectivity index (χ0v) is 4.88. The molecule has 1 heterocycles. The van der Waals surface area contributed by atoms with E-state index < -0.39 is 0 Å². The van der Waals surface area contributed by atoms with Crippen molar-refractivity contribution in [1.29, 1.82) is 0 Å². The van der Waals surface area contributed by atoms with Gasteiger partial charge in [-0.2, -0.15) is 0 Å². The third kappa shape index (κ3) is 0.884. The Kier molecular flexibility index (Phi) is 1.33. The first-order valence-electron chi connectivity index (χ1n) is 2.42. The SMILES string of the molecule is C[B]c1noc(C)n1. The van der Waals surface area contributed by atoms with E-state index in [2.05, 4.69) is 14.7 Å². The molecule has 1 aromatic heterocycles. The summed E-state index contributed by atoms with van der Waals surface area (Å²) >= 11 is 0. The monoisotopic (exact) mass is 109 g/mol. The maximum Gasteiger partial charge on any atom is 0.222 e. The van der Waals surface area contributed by atoms with E-state index in [0.717, 1.165) is 0 Å². The van der Waals surface area contributed by atoms with E-state index >= 15 is 0 Å². The predicted molar refractivity (Wildman–Crippen MR) is 30.3 cm³/mol. The highest BCUT2D eigenvalue weighted by Crippen LogP contribution is 1.80. The van der Waals surface area contributed by atoms with Gasteiger partial charge in [0.2, 0.25) is 13.2 Å². The normalized spacial score (nSPS) is 9.25. The summed E-state index contributed by atoms with van der Waals surface area (Å²) in [7, 11) is 1.79. The van der Waals surface area contributed by atoms with Gasteiger partial charge in [0.15, 0.2) is 0 Å². The summed E-state index contributed by atoms with van der Waals surface area (Å²) in [5.74, 6) is 0.609. The highest BCUT2D eigenvalue weighted by molar-refractivity contribution is 6.49. The Balaban J connectivity index is 2.84. The first kappa shape index (κ1) is 5.34. The smallest absolute Gasteiger partial charge is 0.222 e. The van der Waals surface area contributed by atoms with Crippen molar-refractivity contribution in [3.63, 3.8) is 0 Å². The zero-order valence-electron chi connectivity index (χ0n) is 4.88. The highest BCUT2D eigenvalue weighted by Gasteiger charge is 1.96. The summed E-state index contributed by atoms with van der Waals surface area (Å²) in [6.45, 7) is 3.63. The number of rotatable bonds is 1. The summed E-state index contributed by atoms with van der Waals surface area (Å²) < 4.78 is 4.66. The Hall–Kier alpha value is -0.795. The van der Waals surface area contributed by atoms with Gasteiger partial charge in [-0.05, 0) is 0 Å². The zero-order chi connectivity index (χ0) is 5.98. The van der Waals surface area contributed by atoms with Crippen LogP contribution in [0.25, 0.3) is 0 Å². The van der Waals surface area contributed by atoms with E-state index in [0.29, 0.717) is 11.6 Å². The van der Waals surface area contributed by atoms with Gasteiger partial charge in [0.1, 0.15) is 5.72 Å². The van der Waals surface area contributed by atoms with Crippen molar-refractivity contribution < 1.29 is 4.52 Å². The summed E-state index contributed by atoms with van der Waals surface area (Å²) in [4.78, 5) is 3.90. The maximum atomic E-state index is 4.66. The molecule has 0 amide bonds. The lowest BCUT2D eigenvalue weighted by Crippen LogP contribution is -2.14. The molecule has 0 aliphatic rings. The van der Waals surface area contributed by atoms with Gasteiger partial charge in [-0.15, -0.1) is 0 Å². The second kappa shape index (κ2) is 1.98. The molecule has 0 atom stereocenters. The molecule has 1 aromatic rings. The number of nitrogens with zero attached hydrogens (tertiary/aromatic N) is 2. The third-order valence-corrected chi connectivity index (χ3v) is 0.801. The largest absolute Gasteiger partial charge is 0.341 e. The van der Waals surface area contributed by atoms with Crippen LogP contribution in [0.2, 0.25) is 6.82 Å². The molecule has 3 nitrogen and oxygen atoms in total. The minimum atomic E-state index is 0.609. The van der Waals surface area contributed by atoms with Crippen LogP contribution in [-0.2, 0) is 0 Å². The average molecular weight is 109 g/mol. The molecule has 0 aromatic carbocycles. The third-order valence-electron chi connectivity index (χ3n) is 0.801. The van der Waals surface area contributed by atoms with E-state index in [9.17, 15) is 0 Å². The van der Waals surface area contributed by atoms with E-state index in [-0.39, 0.29) is 0 Å². The summed E-state index contributed by atoms with van der Waals surface area (Å²) in [5, 5.41) is 3.59. The Morgan fingerprint density at radius 3 is 2.62 bits per heavy atom. The van der Waals surface area contributed by atoms with E-state index in [1.165, 1.54) is 0 Å². The maximum absolute atomic E-state index is 4.66. The van der Waals surface area contributed by atoms with E-state index in [1.807, 2.05) is 6.82 Å². The van der Waals surface area contributed by atoms with Gasteiger partial charge in [0, 0.05) is 6.92 Å². The van der Waals surface area contributed by atoms with Crippen molar-refractivity contribution in [1.82, 2.24) is 10.1 Å². The lowest BCUT2D eigenvalue weighted by molar-refractivity contribution is 0.396. The van der Waals surface area contributed by atoms with Crippen molar-refractivity contribution in [3.8, 4) is 0 Å². The molecule has 1 radical (unpaired) electrons. The fraction of sp³-hybridized carbons (Fsp3) is 0.500. The number of aromatic nitrogens is 2. The topological polar surface area (TPSA) is 38.9 Å². The Morgan fingerprint density at radius 2 is 2.38 bits per heavy atom. The predicted octanol–water partition coefficient (Wildman–Crippen LogP) is -0.244. The second-order valence-corrected chi connectivity index (χ2v) is 1.46. The minimum absolute atomic E-state index is 0.609. The van der Waals surface area contributed by atoms with E-state index in [4.69, 9.17) is 0 Å². The van der Waals surface area contributed by atoms with Gasteiger partial charge >= 0.3 is 0 Å². The molecule has 0 fully saturated rings. The van der Waals surface area contributed by atoms with Crippen LogP contribution in [0.15, 0.2) is 4.52 Å². The van der Waals surface area contributed by atoms with Gasteiger partial charge in [-0.1, -0.05) is 12.0 Å². The number of hydrogen-bond acceptors (Lipinski definition) is 3. The van der Waals surface area contributed by atoms with Crippen LogP contribution in [0.1, 0.15) is 5.89 Å². The molecule has 0 spiro atoms. The summed E-state index contributed by atoms with van der Waals surface area (Å²) in [6, 6.07) is 0. The molecule has 41 valence electrons. The average Bonchev–Trinajstić information content (AvgIpc) is 2.14. The van der Waals surface area contributed by atoms with Crippen LogP contribution in [0.3, 0.4) is 0 Å². The molecule has 0 saturated heterocycles. The standard InChI is InChI=1S/C4H6BN2O/c1-3-6-4(5-2)7-8-3/h1-2H3. The quantitative estimate of drug-likeness (QED) is 0.467. The fourth-order valence-corrected chi connectivity index (χ4v) is 0.432. The van der Waals surface area contributed by atoms with Crippen LogP contribution in [0.5, 0.6) is 0 Å². The Labute approximate surface area is 48.3 Å². The van der Waals surface area contributed by atoms with Crippen LogP contribution in [-0.4, -0.2) is 17.4 Å². The van der Waals surface area contributed by atoms with E-state index in [1.54, 1.807) is 14.2 Å². The Morgan fingerprint density at radius 1 is 1.62 bits per heavy atom. The van der Waals surface area contributed by atoms with Gasteiger partial charge in [-0.25, -0.2) is 4.98 Å². The van der Waals surface area contributed by atoms with Crippen molar-refractivity contribution in [2.45, 2.75) is 13.7 Å². The minimum Gasteiger partial charge on any atom is -0.341 e.